The van der Waals surface area contributed by atoms with Crippen LogP contribution in [0.4, 0.5) is 13.2 Å². The largest absolute Gasteiger partial charge is 0.497 e. The number of sulfonamides is 1. The number of hydrogen-bond donors (Lipinski definition) is 3. The van der Waals surface area contributed by atoms with Crippen LogP contribution in [0, 0.1) is 0 Å². The molecule has 1 aliphatic carbocycles. The zero-order chi connectivity index (χ0) is 31.9. The molecule has 13 heteroatoms. The highest BCUT2D eigenvalue weighted by Gasteiger charge is 2.37. The molecular weight excluding hydrogens is 599 g/mol. The van der Waals surface area contributed by atoms with Gasteiger partial charge in [0.1, 0.15) is 11.8 Å². The Labute approximate surface area is 256 Å². The van der Waals surface area contributed by atoms with E-state index in [1.807, 2.05) is 48.5 Å². The van der Waals surface area contributed by atoms with E-state index in [1.54, 1.807) is 19.3 Å². The summed E-state index contributed by atoms with van der Waals surface area (Å²) in [7, 11) is -1.74. The molecule has 242 valence electrons. The van der Waals surface area contributed by atoms with E-state index in [4.69, 9.17) is 9.47 Å². The summed E-state index contributed by atoms with van der Waals surface area (Å²) >= 11 is 0. The number of nitrogens with zero attached hydrogens (tertiary/aromatic N) is 1. The van der Waals surface area contributed by atoms with Crippen LogP contribution in [-0.4, -0.2) is 87.8 Å². The van der Waals surface area contributed by atoms with Crippen molar-refractivity contribution in [3.8, 4) is 5.75 Å². The number of methoxy groups -OCH3 is 1. The van der Waals surface area contributed by atoms with Crippen LogP contribution in [0.25, 0.3) is 0 Å². The van der Waals surface area contributed by atoms with Gasteiger partial charge in [-0.1, -0.05) is 48.6 Å². The van der Waals surface area contributed by atoms with E-state index >= 15 is 0 Å². The first-order chi connectivity index (χ1) is 20.9. The van der Waals surface area contributed by atoms with Crippen molar-refractivity contribution in [2.45, 2.75) is 62.0 Å². The summed E-state index contributed by atoms with van der Waals surface area (Å²) in [5.74, 6) is -1.11. The number of carbonyl (C=O) groups excluding carboxylic acids is 1. The predicted octanol–water partition coefficient (Wildman–Crippen LogP) is 3.46. The number of rotatable bonds is 7. The lowest BCUT2D eigenvalue weighted by Gasteiger charge is -2.31. The van der Waals surface area contributed by atoms with Gasteiger partial charge in [-0.05, 0) is 48.1 Å². The van der Waals surface area contributed by atoms with E-state index in [1.165, 1.54) is 0 Å². The molecule has 2 aromatic rings. The Balaban J connectivity index is 1.62. The number of halogens is 3. The Bertz CT molecular complexity index is 1390. The van der Waals surface area contributed by atoms with Gasteiger partial charge in [0.25, 0.3) is 0 Å². The lowest BCUT2D eigenvalue weighted by atomic mass is 9.99. The number of aliphatic hydroxyl groups is 1. The molecule has 3 N–H and O–H groups in total. The number of β-amino-alcohol motifs (C(OH)–C–C–N with tert-alkyl or cyclic N) is 1. The molecule has 0 fully saturated rings. The fourth-order valence-corrected chi connectivity index (χ4v) is 7.00. The second-order valence-electron chi connectivity index (χ2n) is 11.2. The average Bonchev–Trinajstić information content (AvgIpc) is 3.34. The van der Waals surface area contributed by atoms with Gasteiger partial charge < -0.3 is 25.2 Å². The lowest BCUT2D eigenvalue weighted by molar-refractivity contribution is -0.130. The van der Waals surface area contributed by atoms with Gasteiger partial charge in [-0.15, -0.1) is 0 Å². The molecule has 1 amide bonds. The summed E-state index contributed by atoms with van der Waals surface area (Å²) in [6.07, 6.45) is -3.15. The van der Waals surface area contributed by atoms with Crippen molar-refractivity contribution >= 4 is 15.9 Å². The molecule has 0 spiro atoms. The maximum absolute atomic E-state index is 13.7. The number of hydrogen-bond acceptors (Lipinski definition) is 7. The van der Waals surface area contributed by atoms with Crippen LogP contribution in [0.2, 0.25) is 0 Å². The number of likely N-dealkylation sites (N-methyl/N-ethyl adjacent to an activating group) is 1. The van der Waals surface area contributed by atoms with Crippen molar-refractivity contribution in [1.82, 2.24) is 14.9 Å². The van der Waals surface area contributed by atoms with Gasteiger partial charge in [-0.25, -0.2) is 8.42 Å². The third-order valence-electron chi connectivity index (χ3n) is 8.18. The summed E-state index contributed by atoms with van der Waals surface area (Å²) in [6.45, 7) is 0.724. The van der Waals surface area contributed by atoms with Crippen LogP contribution >= 0.6 is 0 Å². The van der Waals surface area contributed by atoms with Crippen LogP contribution in [0.1, 0.15) is 47.9 Å². The maximum atomic E-state index is 13.7. The van der Waals surface area contributed by atoms with Crippen LogP contribution < -0.4 is 15.4 Å². The molecule has 1 aliphatic heterocycles. The molecule has 2 aliphatic rings. The van der Waals surface area contributed by atoms with Gasteiger partial charge in [0.2, 0.25) is 15.9 Å². The van der Waals surface area contributed by atoms with Crippen molar-refractivity contribution in [2.75, 3.05) is 39.7 Å². The zero-order valence-electron chi connectivity index (χ0n) is 24.8. The first kappa shape index (κ1) is 33.9. The summed E-state index contributed by atoms with van der Waals surface area (Å²) in [5, 5.41) is 17.6. The molecule has 0 saturated carbocycles. The number of aliphatic hydroxyl groups excluding tert-OH is 1. The monoisotopic (exact) mass is 639 g/mol. The number of alkyl halides is 3. The number of amides is 1. The minimum absolute atomic E-state index is 0.0873. The number of carbonyl (C=O) groups is 1. The number of nitrogens with one attached hydrogen (secondary N) is 2. The van der Waals surface area contributed by atoms with Crippen LogP contribution in [0.15, 0.2) is 60.7 Å². The Morgan fingerprint density at radius 3 is 2.57 bits per heavy atom. The zero-order valence-corrected chi connectivity index (χ0v) is 25.6. The predicted molar refractivity (Wildman–Crippen MR) is 160 cm³/mol. The smallest absolute Gasteiger partial charge is 0.390 e. The second kappa shape index (κ2) is 14.9. The molecule has 0 saturated heterocycles. The van der Waals surface area contributed by atoms with Crippen LogP contribution in [-0.2, 0) is 26.0 Å². The van der Waals surface area contributed by atoms with E-state index < -0.39 is 52.5 Å². The standard InChI is InChI=1S/C31H40F3N3O6S/c1-37(44(40,41)15-13-31(32,33)34)28-10-6-7-14-43-20-22-17-26(25-18-23(42-2)11-12-24(22)25)35-19-29(38)27(36-30(28)39)16-21-8-4-3-5-9-21/h3-9,11-12,18,22,26-29,35,38H,10,13-17,19-20H2,1-2H3,(H,36,39)/b7-6-/t22-,26-,27-,28-,29+/m0/s1. The van der Waals surface area contributed by atoms with Crippen molar-refractivity contribution in [1.29, 1.82) is 0 Å². The summed E-state index contributed by atoms with van der Waals surface area (Å²) < 4.78 is 76.4. The topological polar surface area (TPSA) is 117 Å². The minimum Gasteiger partial charge on any atom is -0.497 e. The van der Waals surface area contributed by atoms with E-state index in [-0.39, 0.29) is 38.0 Å². The normalized spacial score (nSPS) is 26.2. The summed E-state index contributed by atoms with van der Waals surface area (Å²) in [5.41, 5.74) is 2.99. The molecule has 5 atom stereocenters. The maximum Gasteiger partial charge on any atom is 0.390 e. The van der Waals surface area contributed by atoms with E-state index in [0.29, 0.717) is 16.7 Å². The minimum atomic E-state index is -4.67. The van der Waals surface area contributed by atoms with Crippen molar-refractivity contribution in [2.24, 2.45) is 0 Å². The summed E-state index contributed by atoms with van der Waals surface area (Å²) in [4.78, 5) is 13.7. The average molecular weight is 640 g/mol. The Kier molecular flexibility index (Phi) is 11.5. The van der Waals surface area contributed by atoms with Gasteiger partial charge >= 0.3 is 6.18 Å². The van der Waals surface area contributed by atoms with Crippen LogP contribution in [0.3, 0.4) is 0 Å². The molecule has 0 radical (unpaired) electrons. The third kappa shape index (κ3) is 9.04. The Morgan fingerprint density at radius 2 is 1.86 bits per heavy atom. The van der Waals surface area contributed by atoms with Gasteiger partial charge in [0.05, 0.1) is 44.6 Å². The fraction of sp³-hybridized carbons (Fsp3) is 0.516. The first-order valence-electron chi connectivity index (χ1n) is 14.6. The molecule has 4 rings (SSSR count). The summed E-state index contributed by atoms with van der Waals surface area (Å²) in [6, 6.07) is 12.8. The van der Waals surface area contributed by atoms with Gasteiger partial charge in [0, 0.05) is 25.6 Å². The number of ether oxygens (including phenoxy) is 2. The molecule has 0 aromatic heterocycles. The van der Waals surface area contributed by atoms with Crippen LogP contribution in [0.5, 0.6) is 5.75 Å². The Morgan fingerprint density at radius 1 is 1.11 bits per heavy atom. The van der Waals surface area contributed by atoms with Gasteiger partial charge in [-0.2, -0.15) is 17.5 Å². The molecular formula is C31H40F3N3O6S. The number of benzene rings is 2. The second-order valence-corrected chi connectivity index (χ2v) is 13.4. The number of fused-ring (bicyclic) bond motifs is 5. The lowest BCUT2D eigenvalue weighted by Crippen LogP contribution is -2.55. The highest BCUT2D eigenvalue weighted by atomic mass is 32.2. The highest BCUT2D eigenvalue weighted by molar-refractivity contribution is 7.89. The molecule has 9 nitrogen and oxygen atoms in total. The van der Waals surface area contributed by atoms with Gasteiger partial charge in [-0.3, -0.25) is 4.79 Å². The first-order valence-corrected chi connectivity index (χ1v) is 16.2. The SMILES string of the molecule is COc1ccc2c(c1)[C@@H]1C[C@H]2COC/C=C\C[C@H](N(C)S(=O)(=O)CCC(F)(F)F)C(=O)N[C@@H](Cc2ccccc2)[C@H](O)CN1. The van der Waals surface area contributed by atoms with Crippen molar-refractivity contribution < 1.29 is 41.0 Å². The molecule has 44 heavy (non-hydrogen) atoms. The quantitative estimate of drug-likeness (QED) is 0.398. The van der Waals surface area contributed by atoms with E-state index in [0.717, 1.165) is 30.2 Å². The molecule has 2 aromatic carbocycles. The molecule has 1 heterocycles. The molecule has 0 unspecified atom stereocenters. The fourth-order valence-electron chi connectivity index (χ4n) is 5.65. The van der Waals surface area contributed by atoms with Crippen molar-refractivity contribution in [3.63, 3.8) is 0 Å². The van der Waals surface area contributed by atoms with E-state index in [2.05, 4.69) is 10.6 Å². The highest BCUT2D eigenvalue weighted by Crippen LogP contribution is 2.42. The van der Waals surface area contributed by atoms with Crippen molar-refractivity contribution in [3.05, 3.63) is 77.4 Å². The van der Waals surface area contributed by atoms with E-state index in [9.17, 15) is 31.5 Å². The third-order valence-corrected chi connectivity index (χ3v) is 10.0. The Hall–Kier alpha value is -2.97. The van der Waals surface area contributed by atoms with Gasteiger partial charge in [0.15, 0.2) is 0 Å². The molecule has 2 bridgehead atoms.